The van der Waals surface area contributed by atoms with E-state index in [0.717, 1.165) is 14.2 Å². The maximum absolute atomic E-state index is 4.81. The van der Waals surface area contributed by atoms with Crippen LogP contribution in [0.1, 0.15) is 0 Å². The van der Waals surface area contributed by atoms with Gasteiger partial charge in [-0.15, -0.1) is 0 Å². The summed E-state index contributed by atoms with van der Waals surface area (Å²) >= 11 is 24.5. The van der Waals surface area contributed by atoms with Crippen molar-refractivity contribution in [3.05, 3.63) is 51.4 Å². The molecule has 0 aliphatic rings. The van der Waals surface area contributed by atoms with Gasteiger partial charge in [-0.2, -0.15) is 0 Å². The van der Waals surface area contributed by atoms with Crippen LogP contribution in [0.4, 0.5) is 0 Å². The van der Waals surface area contributed by atoms with Crippen LogP contribution in [0.15, 0.2) is 51.4 Å². The Labute approximate surface area is 276 Å². The molecule has 182 valence electrons. The Morgan fingerprint density at radius 3 is 0.806 bits per heavy atom. The molecule has 3 rings (SSSR count). The van der Waals surface area contributed by atoms with Crippen molar-refractivity contribution in [1.82, 2.24) is 13.7 Å². The minimum absolute atomic E-state index is 0. The molecule has 3 aromatic heterocycles. The molecule has 3 aromatic rings. The maximum Gasteiger partial charge on any atom is 0.324 e. The number of nitrogens with zero attached hydrogens (tertiary/aromatic N) is 6. The van der Waals surface area contributed by atoms with Gasteiger partial charge in [0.2, 0.25) is 0 Å². The molecule has 0 bridgehead atoms. The second kappa shape index (κ2) is 21.4. The summed E-state index contributed by atoms with van der Waals surface area (Å²) in [5.41, 5.74) is 0. The van der Waals surface area contributed by atoms with Gasteiger partial charge in [-0.1, -0.05) is 34.8 Å². The summed E-state index contributed by atoms with van der Waals surface area (Å²) in [4.78, 5) is 0. The number of halogens is 9. The third-order valence-corrected chi connectivity index (χ3v) is 6.64. The normalized spacial score (nSPS) is 8.81. The Morgan fingerprint density at radius 2 is 0.774 bits per heavy atom. The van der Waals surface area contributed by atoms with Crippen molar-refractivity contribution in [3.8, 4) is 0 Å². The highest BCUT2D eigenvalue weighted by molar-refractivity contribution is 9.10. The highest BCUT2D eigenvalue weighted by atomic mass is 127. The first kappa shape index (κ1) is 40.3. The van der Waals surface area contributed by atoms with Gasteiger partial charge in [0.05, 0.1) is 42.3 Å². The van der Waals surface area contributed by atoms with E-state index in [2.05, 4.69) is 47.8 Å². The molecule has 0 radical (unpaired) electrons. The minimum Gasteiger partial charge on any atom is -1.00 e. The largest absolute Gasteiger partial charge is 1.00 e. The Bertz CT molecular complexity index is 693. The molecular formula is C16H25Br3Cl3I3N6. The zero-order chi connectivity index (χ0) is 22.0. The number of imidazole rings is 3. The Morgan fingerprint density at radius 1 is 0.613 bits per heavy atom. The fourth-order valence-corrected chi connectivity index (χ4v) is 2.42. The van der Waals surface area contributed by atoms with Crippen LogP contribution in [-0.2, 0) is 42.3 Å². The second-order valence-electron chi connectivity index (χ2n) is 5.61. The molecule has 0 unspecified atom stereocenters. The number of rotatable bonds is 0. The Balaban J connectivity index is -0.000000156. The van der Waals surface area contributed by atoms with Crippen LogP contribution in [0.5, 0.6) is 0 Å². The zero-order valence-corrected chi connectivity index (χ0v) is 31.1. The first-order valence-electron chi connectivity index (χ1n) is 7.80. The summed E-state index contributed by atoms with van der Waals surface area (Å²) in [5, 5.41) is 0. The van der Waals surface area contributed by atoms with Gasteiger partial charge in [-0.25, -0.2) is 27.4 Å². The summed E-state index contributed by atoms with van der Waals surface area (Å²) in [5.74, 6) is 0. The number of hydrogen-bond acceptors (Lipinski definition) is 0. The standard InChI is InChI=1S/3C5H8BrN2.CHCl3.3HI/c3*1-7-3-4-8(2)5(7)6;2-1(3)4;;;/h3*3-4H,1-2H3;1H;3*1H/q3*+1;;;;/p-3. The first-order chi connectivity index (χ1) is 12.9. The van der Waals surface area contributed by atoms with Crippen LogP contribution in [0.2, 0.25) is 0 Å². The van der Waals surface area contributed by atoms with E-state index in [4.69, 9.17) is 34.8 Å². The molecule has 0 saturated carbocycles. The van der Waals surface area contributed by atoms with E-state index < -0.39 is 4.30 Å². The molecule has 0 aromatic carbocycles. The quantitative estimate of drug-likeness (QED) is 0.123. The molecule has 0 aliphatic carbocycles. The first-order valence-corrected chi connectivity index (χ1v) is 11.5. The molecule has 3 heterocycles. The van der Waals surface area contributed by atoms with E-state index >= 15 is 0 Å². The fraction of sp³-hybridized carbons (Fsp3) is 0.438. The number of hydrogen-bond donors (Lipinski definition) is 0. The molecule has 0 aliphatic heterocycles. The number of alkyl halides is 3. The lowest BCUT2D eigenvalue weighted by molar-refractivity contribution is -0.682. The van der Waals surface area contributed by atoms with E-state index in [-0.39, 0.29) is 71.9 Å². The van der Waals surface area contributed by atoms with E-state index in [0.29, 0.717) is 0 Å². The van der Waals surface area contributed by atoms with Gasteiger partial charge in [0.15, 0.2) is 4.30 Å². The van der Waals surface area contributed by atoms with Crippen LogP contribution in [0.3, 0.4) is 0 Å². The second-order valence-corrected chi connectivity index (χ2v) is 9.72. The number of aryl methyl sites for hydroxylation is 6. The molecule has 0 atom stereocenters. The summed E-state index contributed by atoms with van der Waals surface area (Å²) in [6, 6.07) is 0. The lowest BCUT2D eigenvalue weighted by Gasteiger charge is -1.82. The van der Waals surface area contributed by atoms with E-state index in [1.54, 1.807) is 0 Å². The Kier molecular flexibility index (Phi) is 27.8. The summed E-state index contributed by atoms with van der Waals surface area (Å²) < 4.78 is 14.5. The van der Waals surface area contributed by atoms with Crippen LogP contribution < -0.4 is 85.6 Å². The van der Waals surface area contributed by atoms with E-state index in [9.17, 15) is 0 Å². The van der Waals surface area contributed by atoms with Crippen molar-refractivity contribution < 1.29 is 85.6 Å². The third-order valence-electron chi connectivity index (χ3n) is 3.29. The molecule has 0 amide bonds. The predicted molar refractivity (Wildman–Crippen MR) is 124 cm³/mol. The average Bonchev–Trinajstić information content (AvgIpc) is 3.20. The van der Waals surface area contributed by atoms with Gasteiger partial charge < -0.3 is 71.9 Å². The summed E-state index contributed by atoms with van der Waals surface area (Å²) in [7, 11) is 11.9. The summed E-state index contributed by atoms with van der Waals surface area (Å²) in [6.45, 7) is 0. The lowest BCUT2D eigenvalue weighted by Crippen LogP contribution is -3.00. The molecular weight excluding hydrogens is 1000 g/mol. The van der Waals surface area contributed by atoms with Crippen molar-refractivity contribution in [2.24, 2.45) is 42.3 Å². The molecule has 0 spiro atoms. The van der Waals surface area contributed by atoms with Gasteiger partial charge in [-0.3, -0.25) is 0 Å². The van der Waals surface area contributed by atoms with E-state index in [1.807, 2.05) is 107 Å². The molecule has 0 fully saturated rings. The maximum atomic E-state index is 4.81. The third kappa shape index (κ3) is 17.2. The van der Waals surface area contributed by atoms with Crippen LogP contribution in [0, 0.1) is 0 Å². The van der Waals surface area contributed by atoms with Crippen LogP contribution in [-0.4, -0.2) is 18.0 Å². The lowest BCUT2D eigenvalue weighted by atomic mass is 10.9. The Hall–Kier alpha value is 2.13. The average molecular weight is 1030 g/mol. The van der Waals surface area contributed by atoms with Crippen molar-refractivity contribution >= 4 is 82.6 Å². The highest BCUT2D eigenvalue weighted by Crippen LogP contribution is 2.03. The highest BCUT2D eigenvalue weighted by Gasteiger charge is 2.04. The molecule has 31 heavy (non-hydrogen) atoms. The van der Waals surface area contributed by atoms with Crippen molar-refractivity contribution in [2.45, 2.75) is 4.30 Å². The summed E-state index contributed by atoms with van der Waals surface area (Å²) in [6.07, 6.45) is 11.9. The minimum atomic E-state index is -0.750. The topological polar surface area (TPSA) is 26.4 Å². The monoisotopic (exact) mass is 1020 g/mol. The van der Waals surface area contributed by atoms with Crippen LogP contribution >= 0.6 is 82.6 Å². The van der Waals surface area contributed by atoms with Gasteiger partial charge in [0, 0.05) is 47.8 Å². The number of aromatic nitrogens is 6. The molecule has 0 saturated heterocycles. The van der Waals surface area contributed by atoms with Crippen LogP contribution in [0.25, 0.3) is 0 Å². The van der Waals surface area contributed by atoms with E-state index in [1.165, 1.54) is 0 Å². The van der Waals surface area contributed by atoms with Gasteiger partial charge in [-0.05, 0) is 0 Å². The van der Waals surface area contributed by atoms with Gasteiger partial charge >= 0.3 is 14.2 Å². The molecule has 6 nitrogen and oxygen atoms in total. The fourth-order valence-electron chi connectivity index (χ4n) is 1.72. The SMILES string of the molecule is ClC(Cl)Cl.Cn1cc[n+](C)c1Br.Cn1cc[n+](C)c1Br.Cn1cc[n+](C)c1Br.[I-].[I-].[I-]. The van der Waals surface area contributed by atoms with Crippen molar-refractivity contribution in [3.63, 3.8) is 0 Å². The zero-order valence-electron chi connectivity index (χ0n) is 17.6. The van der Waals surface area contributed by atoms with Gasteiger partial charge in [0.25, 0.3) is 0 Å². The van der Waals surface area contributed by atoms with Crippen molar-refractivity contribution in [1.29, 1.82) is 0 Å². The van der Waals surface area contributed by atoms with Crippen molar-refractivity contribution in [2.75, 3.05) is 0 Å². The van der Waals surface area contributed by atoms with Gasteiger partial charge in [0.1, 0.15) is 37.2 Å². The molecule has 0 N–H and O–H groups in total. The smallest absolute Gasteiger partial charge is 0.324 e. The predicted octanol–water partition coefficient (Wildman–Crippen LogP) is -5.17. The molecule has 15 heteroatoms.